The van der Waals surface area contributed by atoms with Crippen LogP contribution in [0.15, 0.2) is 41.5 Å². The van der Waals surface area contributed by atoms with Crippen molar-refractivity contribution in [1.82, 2.24) is 4.90 Å². The molecule has 1 fully saturated rings. The number of hydrogen-bond acceptors (Lipinski definition) is 2. The highest BCUT2D eigenvalue weighted by atomic mass is 16.2. The van der Waals surface area contributed by atoms with Gasteiger partial charge in [0.25, 0.3) is 11.8 Å². The Labute approximate surface area is 111 Å². The van der Waals surface area contributed by atoms with Crippen LogP contribution in [0.4, 0.5) is 0 Å². The third-order valence-corrected chi connectivity index (χ3v) is 4.67. The molecule has 1 aliphatic heterocycles. The Morgan fingerprint density at radius 1 is 0.947 bits per heavy atom. The first kappa shape index (κ1) is 11.0. The van der Waals surface area contributed by atoms with Crippen molar-refractivity contribution in [2.75, 3.05) is 0 Å². The maximum Gasteiger partial charge on any atom is 0.257 e. The molecule has 2 unspecified atom stereocenters. The fourth-order valence-corrected chi connectivity index (χ4v) is 3.82. The van der Waals surface area contributed by atoms with E-state index in [9.17, 15) is 9.59 Å². The van der Waals surface area contributed by atoms with E-state index in [1.807, 2.05) is 30.3 Å². The summed E-state index contributed by atoms with van der Waals surface area (Å²) >= 11 is 0. The number of nitrogens with zero attached hydrogens (tertiary/aromatic N) is 1. The molecule has 2 amide bonds. The fraction of sp³-hybridized carbons (Fsp3) is 0.375. The van der Waals surface area contributed by atoms with Crippen LogP contribution in [0.3, 0.4) is 0 Å². The molecule has 3 nitrogen and oxygen atoms in total. The summed E-state index contributed by atoms with van der Waals surface area (Å²) in [6.07, 6.45) is 3.20. The predicted octanol–water partition coefficient (Wildman–Crippen LogP) is 2.28. The zero-order valence-corrected chi connectivity index (χ0v) is 10.6. The molecule has 1 heterocycles. The summed E-state index contributed by atoms with van der Waals surface area (Å²) in [6, 6.07) is 9.73. The van der Waals surface area contributed by atoms with Crippen LogP contribution in [0.25, 0.3) is 0 Å². The van der Waals surface area contributed by atoms with Gasteiger partial charge < -0.3 is 0 Å². The number of carbonyl (C=O) groups is 2. The smallest absolute Gasteiger partial charge is 0.257 e. The lowest BCUT2D eigenvalue weighted by molar-refractivity contribution is -0.138. The van der Waals surface area contributed by atoms with Crippen molar-refractivity contribution >= 4 is 11.8 Å². The average molecular weight is 253 g/mol. The zero-order chi connectivity index (χ0) is 13.0. The second-order valence-electron chi connectivity index (χ2n) is 5.72. The van der Waals surface area contributed by atoms with Gasteiger partial charge in [-0.3, -0.25) is 14.5 Å². The van der Waals surface area contributed by atoms with Crippen molar-refractivity contribution in [3.63, 3.8) is 0 Å². The highest BCUT2D eigenvalue weighted by molar-refractivity contribution is 6.20. The molecule has 4 rings (SSSR count). The first-order valence-corrected chi connectivity index (χ1v) is 6.90. The first-order chi connectivity index (χ1) is 9.25. The molecular formula is C16H15NO2. The molecule has 1 aromatic carbocycles. The minimum absolute atomic E-state index is 0.0314. The largest absolute Gasteiger partial charge is 0.270 e. The molecule has 3 heteroatoms. The summed E-state index contributed by atoms with van der Waals surface area (Å²) < 4.78 is 0. The van der Waals surface area contributed by atoms with Crippen LogP contribution in [0.2, 0.25) is 0 Å². The lowest BCUT2D eigenvalue weighted by Gasteiger charge is -2.17. The van der Waals surface area contributed by atoms with Crippen molar-refractivity contribution in [1.29, 1.82) is 0 Å². The Bertz CT molecular complexity index is 570. The van der Waals surface area contributed by atoms with Crippen molar-refractivity contribution in [3.05, 3.63) is 47.0 Å². The number of benzene rings is 1. The fourth-order valence-electron chi connectivity index (χ4n) is 3.82. The van der Waals surface area contributed by atoms with Gasteiger partial charge in [0.1, 0.15) is 0 Å². The summed E-state index contributed by atoms with van der Waals surface area (Å²) in [4.78, 5) is 26.3. The third kappa shape index (κ3) is 1.44. The van der Waals surface area contributed by atoms with Crippen molar-refractivity contribution in [2.45, 2.75) is 25.8 Å². The quantitative estimate of drug-likeness (QED) is 0.758. The Balaban J connectivity index is 1.64. The van der Waals surface area contributed by atoms with Gasteiger partial charge in [0.05, 0.1) is 6.54 Å². The van der Waals surface area contributed by atoms with Crippen LogP contribution in [0.5, 0.6) is 0 Å². The van der Waals surface area contributed by atoms with Crippen molar-refractivity contribution in [2.24, 2.45) is 11.8 Å². The van der Waals surface area contributed by atoms with Gasteiger partial charge in [0.2, 0.25) is 0 Å². The van der Waals surface area contributed by atoms with E-state index >= 15 is 0 Å². The van der Waals surface area contributed by atoms with E-state index in [4.69, 9.17) is 0 Å². The van der Waals surface area contributed by atoms with E-state index < -0.39 is 0 Å². The average Bonchev–Trinajstić information content (AvgIpc) is 3.10. The van der Waals surface area contributed by atoms with E-state index in [0.717, 1.165) is 36.0 Å². The molecule has 1 saturated carbocycles. The molecule has 0 spiro atoms. The van der Waals surface area contributed by atoms with Crippen LogP contribution in [0.1, 0.15) is 24.8 Å². The molecule has 0 saturated heterocycles. The maximum absolute atomic E-state index is 12.4. The molecule has 1 aromatic rings. The van der Waals surface area contributed by atoms with Crippen LogP contribution in [0, 0.1) is 11.8 Å². The number of amides is 2. The molecule has 2 aliphatic carbocycles. The lowest BCUT2D eigenvalue weighted by atomic mass is 9.93. The van der Waals surface area contributed by atoms with Gasteiger partial charge in [-0.2, -0.15) is 0 Å². The van der Waals surface area contributed by atoms with Crippen molar-refractivity contribution in [3.8, 4) is 0 Å². The van der Waals surface area contributed by atoms with Crippen molar-refractivity contribution < 1.29 is 9.59 Å². The Morgan fingerprint density at radius 3 is 2.11 bits per heavy atom. The summed E-state index contributed by atoms with van der Waals surface area (Å²) in [5, 5.41) is 0. The summed E-state index contributed by atoms with van der Waals surface area (Å²) in [5.74, 6) is 0.654. The molecule has 2 bridgehead atoms. The molecule has 0 aromatic heterocycles. The van der Waals surface area contributed by atoms with Gasteiger partial charge in [-0.25, -0.2) is 0 Å². The van der Waals surface area contributed by atoms with Gasteiger partial charge in [-0.05, 0) is 36.7 Å². The number of likely N-dealkylation sites (tertiary alicyclic amines) is 1. The predicted molar refractivity (Wildman–Crippen MR) is 69.9 cm³/mol. The second-order valence-corrected chi connectivity index (χ2v) is 5.72. The summed E-state index contributed by atoms with van der Waals surface area (Å²) in [5.41, 5.74) is 2.70. The number of imide groups is 1. The van der Waals surface area contributed by atoms with Gasteiger partial charge >= 0.3 is 0 Å². The van der Waals surface area contributed by atoms with Gasteiger partial charge in [-0.15, -0.1) is 0 Å². The van der Waals surface area contributed by atoms with Gasteiger partial charge in [-0.1, -0.05) is 30.3 Å². The van der Waals surface area contributed by atoms with Crippen LogP contribution in [-0.2, 0) is 16.1 Å². The Hall–Kier alpha value is -1.90. The Morgan fingerprint density at radius 2 is 1.53 bits per heavy atom. The minimum Gasteiger partial charge on any atom is -0.270 e. The lowest BCUT2D eigenvalue weighted by Crippen LogP contribution is -2.33. The molecule has 0 radical (unpaired) electrons. The number of rotatable bonds is 2. The van der Waals surface area contributed by atoms with Gasteiger partial charge in [0, 0.05) is 11.1 Å². The highest BCUT2D eigenvalue weighted by Gasteiger charge is 2.51. The van der Waals surface area contributed by atoms with E-state index in [1.165, 1.54) is 4.90 Å². The second kappa shape index (κ2) is 3.80. The third-order valence-electron chi connectivity index (χ3n) is 4.67. The SMILES string of the molecule is O=C1C2=C(C(=O)N1Cc1ccccc1)C1CCC2C1. The standard InChI is InChI=1S/C16H15NO2/c18-15-13-11-6-7-12(8-11)14(13)16(19)17(15)9-10-4-2-1-3-5-10/h1-5,11-12H,6-9H2. The minimum atomic E-state index is -0.0314. The van der Waals surface area contributed by atoms with Crippen LogP contribution < -0.4 is 0 Å². The number of carbonyl (C=O) groups excluding carboxylic acids is 2. The molecule has 3 aliphatic rings. The molecule has 2 atom stereocenters. The Kier molecular flexibility index (Phi) is 2.19. The van der Waals surface area contributed by atoms with Crippen LogP contribution in [-0.4, -0.2) is 16.7 Å². The number of fused-ring (bicyclic) bond motifs is 4. The highest BCUT2D eigenvalue weighted by Crippen LogP contribution is 2.52. The summed E-state index contributed by atoms with van der Waals surface area (Å²) in [7, 11) is 0. The zero-order valence-electron chi connectivity index (χ0n) is 10.6. The molecule has 0 N–H and O–H groups in total. The molecule has 96 valence electrons. The van der Waals surface area contributed by atoms with E-state index in [0.29, 0.717) is 18.4 Å². The first-order valence-electron chi connectivity index (χ1n) is 6.90. The molecular weight excluding hydrogens is 238 g/mol. The normalized spacial score (nSPS) is 28.5. The van der Waals surface area contributed by atoms with Gasteiger partial charge in [0.15, 0.2) is 0 Å². The molecule has 19 heavy (non-hydrogen) atoms. The van der Waals surface area contributed by atoms with E-state index in [2.05, 4.69) is 0 Å². The van der Waals surface area contributed by atoms with Crippen LogP contribution >= 0.6 is 0 Å². The topological polar surface area (TPSA) is 37.4 Å². The van der Waals surface area contributed by atoms with E-state index in [1.54, 1.807) is 0 Å². The summed E-state index contributed by atoms with van der Waals surface area (Å²) in [6.45, 7) is 0.408. The monoisotopic (exact) mass is 253 g/mol. The number of hydrogen-bond donors (Lipinski definition) is 0. The van der Waals surface area contributed by atoms with E-state index in [-0.39, 0.29) is 11.8 Å². The maximum atomic E-state index is 12.4.